The Bertz CT molecular complexity index is 494. The molecule has 0 radical (unpaired) electrons. The van der Waals surface area contributed by atoms with E-state index in [9.17, 15) is 4.39 Å². The Kier molecular flexibility index (Phi) is 3.20. The van der Waals surface area contributed by atoms with Gasteiger partial charge in [0.2, 0.25) is 0 Å². The highest BCUT2D eigenvalue weighted by Crippen LogP contribution is 2.26. The number of aryl methyl sites for hydroxylation is 1. The highest BCUT2D eigenvalue weighted by molar-refractivity contribution is 6.33. The lowest BCUT2D eigenvalue weighted by Gasteiger charge is -2.04. The summed E-state index contributed by atoms with van der Waals surface area (Å²) in [5.41, 5.74) is 2.69. The normalized spacial score (nSPS) is 10.4. The quantitative estimate of drug-likeness (QED) is 0.764. The second kappa shape index (κ2) is 4.62. The van der Waals surface area contributed by atoms with Gasteiger partial charge in [-0.3, -0.25) is 4.98 Å². The summed E-state index contributed by atoms with van der Waals surface area (Å²) in [4.78, 5) is 4.30. The van der Waals surface area contributed by atoms with Crippen molar-refractivity contribution in [1.29, 1.82) is 0 Å². The van der Waals surface area contributed by atoms with Crippen molar-refractivity contribution in [3.8, 4) is 11.3 Å². The van der Waals surface area contributed by atoms with Gasteiger partial charge in [-0.15, -0.1) is 0 Å². The van der Waals surface area contributed by atoms with E-state index in [4.69, 9.17) is 11.6 Å². The molecule has 0 amide bonds. The first-order chi connectivity index (χ1) is 7.70. The molecule has 1 nitrogen and oxygen atoms in total. The number of benzene rings is 1. The molecule has 1 aromatic carbocycles. The second-order valence-electron chi connectivity index (χ2n) is 3.53. The van der Waals surface area contributed by atoms with Crippen LogP contribution in [-0.2, 0) is 6.42 Å². The van der Waals surface area contributed by atoms with Gasteiger partial charge in [0.25, 0.3) is 0 Å². The number of halogens is 2. The zero-order valence-electron chi connectivity index (χ0n) is 8.87. The standard InChI is InChI=1S/C13H11ClFN/c1-2-9-3-6-13(16-8-9)11-5-4-10(15)7-12(11)14/h3-8H,2H2,1H3. The van der Waals surface area contributed by atoms with Gasteiger partial charge in [0.05, 0.1) is 10.7 Å². The van der Waals surface area contributed by atoms with Crippen LogP contribution < -0.4 is 0 Å². The molecule has 0 saturated carbocycles. The summed E-state index contributed by atoms with van der Waals surface area (Å²) in [6, 6.07) is 8.23. The van der Waals surface area contributed by atoms with E-state index in [0.717, 1.165) is 17.7 Å². The summed E-state index contributed by atoms with van der Waals surface area (Å²) >= 11 is 5.96. The van der Waals surface area contributed by atoms with Gasteiger partial charge in [0, 0.05) is 11.8 Å². The van der Waals surface area contributed by atoms with Crippen LogP contribution in [0.25, 0.3) is 11.3 Å². The minimum absolute atomic E-state index is 0.334. The number of hydrogen-bond acceptors (Lipinski definition) is 1. The molecule has 0 atom stereocenters. The van der Waals surface area contributed by atoms with E-state index in [1.165, 1.54) is 17.7 Å². The molecule has 0 spiro atoms. The molecular weight excluding hydrogens is 225 g/mol. The zero-order valence-corrected chi connectivity index (χ0v) is 9.63. The predicted octanol–water partition coefficient (Wildman–Crippen LogP) is 4.10. The van der Waals surface area contributed by atoms with E-state index < -0.39 is 0 Å². The molecule has 0 aliphatic heterocycles. The van der Waals surface area contributed by atoms with Crippen molar-refractivity contribution in [1.82, 2.24) is 4.98 Å². The maximum Gasteiger partial charge on any atom is 0.124 e. The molecule has 0 aliphatic rings. The van der Waals surface area contributed by atoms with Crippen molar-refractivity contribution < 1.29 is 4.39 Å². The maximum atomic E-state index is 12.9. The fourth-order valence-electron chi connectivity index (χ4n) is 1.49. The maximum absolute atomic E-state index is 12.9. The van der Waals surface area contributed by atoms with Crippen LogP contribution >= 0.6 is 11.6 Å². The minimum atomic E-state index is -0.334. The molecule has 0 unspecified atom stereocenters. The molecule has 0 bridgehead atoms. The van der Waals surface area contributed by atoms with Gasteiger partial charge >= 0.3 is 0 Å². The van der Waals surface area contributed by atoms with Crippen LogP contribution in [0.1, 0.15) is 12.5 Å². The van der Waals surface area contributed by atoms with E-state index in [1.807, 2.05) is 18.3 Å². The molecule has 1 heterocycles. The van der Waals surface area contributed by atoms with E-state index in [0.29, 0.717) is 5.02 Å². The minimum Gasteiger partial charge on any atom is -0.256 e. The van der Waals surface area contributed by atoms with Crippen molar-refractivity contribution in [3.63, 3.8) is 0 Å². The highest BCUT2D eigenvalue weighted by atomic mass is 35.5. The SMILES string of the molecule is CCc1ccc(-c2ccc(F)cc2Cl)nc1. The lowest BCUT2D eigenvalue weighted by atomic mass is 10.1. The topological polar surface area (TPSA) is 12.9 Å². The second-order valence-corrected chi connectivity index (χ2v) is 3.94. The van der Waals surface area contributed by atoms with Gasteiger partial charge in [-0.1, -0.05) is 24.6 Å². The zero-order chi connectivity index (χ0) is 11.5. The molecule has 1 aromatic heterocycles. The molecule has 0 N–H and O–H groups in total. The lowest BCUT2D eigenvalue weighted by molar-refractivity contribution is 0.628. The molecule has 2 aromatic rings. The summed E-state index contributed by atoms with van der Waals surface area (Å²) in [5.74, 6) is -0.334. The first-order valence-corrected chi connectivity index (χ1v) is 5.49. The van der Waals surface area contributed by atoms with Crippen LogP contribution in [0.3, 0.4) is 0 Å². The van der Waals surface area contributed by atoms with Gasteiger partial charge in [-0.2, -0.15) is 0 Å². The Balaban J connectivity index is 2.42. The Morgan fingerprint density at radius 3 is 2.62 bits per heavy atom. The van der Waals surface area contributed by atoms with Gasteiger partial charge in [0.15, 0.2) is 0 Å². The lowest BCUT2D eigenvalue weighted by Crippen LogP contribution is -1.88. The van der Waals surface area contributed by atoms with Crippen LogP contribution in [0.4, 0.5) is 4.39 Å². The first-order valence-electron chi connectivity index (χ1n) is 5.11. The summed E-state index contributed by atoms with van der Waals surface area (Å²) in [7, 11) is 0. The number of pyridine rings is 1. The summed E-state index contributed by atoms with van der Waals surface area (Å²) in [6.07, 6.45) is 2.76. The van der Waals surface area contributed by atoms with Gasteiger partial charge in [-0.05, 0) is 36.2 Å². The van der Waals surface area contributed by atoms with E-state index in [1.54, 1.807) is 6.07 Å². The number of hydrogen-bond donors (Lipinski definition) is 0. The van der Waals surface area contributed by atoms with E-state index >= 15 is 0 Å². The molecule has 0 fully saturated rings. The third kappa shape index (κ3) is 2.22. The third-order valence-electron chi connectivity index (χ3n) is 2.44. The average molecular weight is 236 g/mol. The third-order valence-corrected chi connectivity index (χ3v) is 2.75. The number of aromatic nitrogens is 1. The van der Waals surface area contributed by atoms with Crippen molar-refractivity contribution in [2.75, 3.05) is 0 Å². The van der Waals surface area contributed by atoms with Gasteiger partial charge in [0.1, 0.15) is 5.82 Å². The Morgan fingerprint density at radius 1 is 1.25 bits per heavy atom. The Labute approximate surface area is 98.9 Å². The molecule has 0 aliphatic carbocycles. The predicted molar refractivity (Wildman–Crippen MR) is 64.0 cm³/mol. The average Bonchev–Trinajstić information content (AvgIpc) is 2.29. The molecule has 82 valence electrons. The summed E-state index contributed by atoms with van der Waals surface area (Å²) in [6.45, 7) is 2.07. The fourth-order valence-corrected chi connectivity index (χ4v) is 1.75. The Morgan fingerprint density at radius 2 is 2.06 bits per heavy atom. The Hall–Kier alpha value is -1.41. The van der Waals surface area contributed by atoms with Crippen molar-refractivity contribution >= 4 is 11.6 Å². The fraction of sp³-hybridized carbons (Fsp3) is 0.154. The van der Waals surface area contributed by atoms with Crippen molar-refractivity contribution in [2.45, 2.75) is 13.3 Å². The van der Waals surface area contributed by atoms with Crippen LogP contribution in [0.2, 0.25) is 5.02 Å². The molecular formula is C13H11ClFN. The summed E-state index contributed by atoms with van der Waals surface area (Å²) < 4.78 is 12.9. The van der Waals surface area contributed by atoms with Gasteiger partial charge in [-0.25, -0.2) is 4.39 Å². The largest absolute Gasteiger partial charge is 0.256 e. The molecule has 16 heavy (non-hydrogen) atoms. The molecule has 3 heteroatoms. The summed E-state index contributed by atoms with van der Waals surface area (Å²) in [5, 5.41) is 0.386. The molecule has 2 rings (SSSR count). The van der Waals surface area contributed by atoms with Gasteiger partial charge < -0.3 is 0 Å². The van der Waals surface area contributed by atoms with E-state index in [2.05, 4.69) is 11.9 Å². The smallest absolute Gasteiger partial charge is 0.124 e. The van der Waals surface area contributed by atoms with Crippen LogP contribution in [0, 0.1) is 5.82 Å². The van der Waals surface area contributed by atoms with Crippen LogP contribution in [0.15, 0.2) is 36.5 Å². The van der Waals surface area contributed by atoms with Crippen molar-refractivity contribution in [3.05, 3.63) is 52.9 Å². The number of nitrogens with zero attached hydrogens (tertiary/aromatic N) is 1. The van der Waals surface area contributed by atoms with Crippen LogP contribution in [0.5, 0.6) is 0 Å². The van der Waals surface area contributed by atoms with Crippen molar-refractivity contribution in [2.24, 2.45) is 0 Å². The first kappa shape index (κ1) is 11.1. The monoisotopic (exact) mass is 235 g/mol. The highest BCUT2D eigenvalue weighted by Gasteiger charge is 2.05. The number of rotatable bonds is 2. The molecule has 0 saturated heterocycles. The van der Waals surface area contributed by atoms with Crippen LogP contribution in [-0.4, -0.2) is 4.98 Å². The van der Waals surface area contributed by atoms with E-state index in [-0.39, 0.29) is 5.82 Å².